The molecule has 0 spiro atoms. The highest BCUT2D eigenvalue weighted by atomic mass is 32.2. The monoisotopic (exact) mass is 233 g/mol. The molecule has 0 aliphatic rings. The van der Waals surface area contributed by atoms with Crippen molar-refractivity contribution in [1.82, 2.24) is 5.32 Å². The third-order valence-corrected chi connectivity index (χ3v) is 3.23. The zero-order valence-corrected chi connectivity index (χ0v) is 10.8. The van der Waals surface area contributed by atoms with Crippen molar-refractivity contribution in [1.29, 1.82) is 0 Å². The van der Waals surface area contributed by atoms with Gasteiger partial charge in [-0.3, -0.25) is 5.32 Å². The summed E-state index contributed by atoms with van der Waals surface area (Å²) in [5.41, 5.74) is 1.29. The Balaban J connectivity index is 2.44. The van der Waals surface area contributed by atoms with Gasteiger partial charge in [0.25, 0.3) is 0 Å². The molecule has 0 radical (unpaired) electrons. The predicted octanol–water partition coefficient (Wildman–Crippen LogP) is 3.30. The van der Waals surface area contributed by atoms with E-state index in [-0.39, 0.29) is 6.04 Å². The molecular weight excluding hydrogens is 214 g/mol. The Kier molecular flexibility index (Phi) is 6.07. The van der Waals surface area contributed by atoms with Crippen LogP contribution in [0.25, 0.3) is 0 Å². The number of hydrogen-bond donors (Lipinski definition) is 1. The summed E-state index contributed by atoms with van der Waals surface area (Å²) in [5.74, 6) is 2.78. The Labute approximate surface area is 103 Å². The first kappa shape index (κ1) is 13.2. The van der Waals surface area contributed by atoms with Gasteiger partial charge in [0.2, 0.25) is 0 Å². The summed E-state index contributed by atoms with van der Waals surface area (Å²) in [4.78, 5) is 1.30. The summed E-state index contributed by atoms with van der Waals surface area (Å²) >= 11 is 1.76. The van der Waals surface area contributed by atoms with E-state index < -0.39 is 0 Å². The normalized spacial score (nSPS) is 12.1. The van der Waals surface area contributed by atoms with E-state index in [1.54, 1.807) is 11.8 Å². The lowest BCUT2D eigenvalue weighted by Gasteiger charge is -2.11. The van der Waals surface area contributed by atoms with Crippen LogP contribution in [0.4, 0.5) is 0 Å². The number of thioether (sulfide) groups is 1. The molecule has 0 bridgehead atoms. The molecule has 16 heavy (non-hydrogen) atoms. The predicted molar refractivity (Wildman–Crippen MR) is 72.6 cm³/mol. The van der Waals surface area contributed by atoms with Crippen LogP contribution in [-0.2, 0) is 6.54 Å². The fourth-order valence-corrected chi connectivity index (χ4v) is 1.93. The van der Waals surface area contributed by atoms with Crippen LogP contribution < -0.4 is 5.32 Å². The average molecular weight is 233 g/mol. The Morgan fingerprint density at radius 2 is 2.06 bits per heavy atom. The fourth-order valence-electron chi connectivity index (χ4n) is 1.52. The Bertz CT molecular complexity index is 337. The summed E-state index contributed by atoms with van der Waals surface area (Å²) in [6.45, 7) is 3.00. The highest BCUT2D eigenvalue weighted by Crippen LogP contribution is 2.14. The second kappa shape index (κ2) is 7.38. The van der Waals surface area contributed by atoms with Crippen LogP contribution in [0.2, 0.25) is 0 Å². The molecule has 1 nitrogen and oxygen atoms in total. The number of nitrogens with one attached hydrogen (secondary N) is 1. The lowest BCUT2D eigenvalue weighted by atomic mass is 10.1. The van der Waals surface area contributed by atoms with Crippen molar-refractivity contribution in [3.05, 3.63) is 29.8 Å². The van der Waals surface area contributed by atoms with E-state index in [0.717, 1.165) is 19.4 Å². The van der Waals surface area contributed by atoms with Crippen molar-refractivity contribution >= 4 is 11.8 Å². The minimum Gasteiger partial charge on any atom is -0.300 e. The highest BCUT2D eigenvalue weighted by molar-refractivity contribution is 7.98. The first-order valence-corrected chi connectivity index (χ1v) is 6.85. The summed E-state index contributed by atoms with van der Waals surface area (Å²) in [5, 5.41) is 3.38. The number of terminal acetylenes is 1. The quantitative estimate of drug-likeness (QED) is 0.597. The van der Waals surface area contributed by atoms with Gasteiger partial charge in [-0.05, 0) is 30.4 Å². The van der Waals surface area contributed by atoms with Gasteiger partial charge in [0.15, 0.2) is 0 Å². The number of benzene rings is 1. The minimum absolute atomic E-state index is 0.199. The highest BCUT2D eigenvalue weighted by Gasteiger charge is 2.02. The van der Waals surface area contributed by atoms with Crippen LogP contribution in [0, 0.1) is 12.3 Å². The van der Waals surface area contributed by atoms with Gasteiger partial charge in [-0.25, -0.2) is 0 Å². The third-order valence-electron chi connectivity index (χ3n) is 2.49. The Morgan fingerprint density at radius 3 is 2.56 bits per heavy atom. The zero-order valence-electron chi connectivity index (χ0n) is 9.99. The van der Waals surface area contributed by atoms with Crippen LogP contribution in [0.15, 0.2) is 29.2 Å². The van der Waals surface area contributed by atoms with E-state index in [0.29, 0.717) is 0 Å². The second-order valence-electron chi connectivity index (χ2n) is 3.74. The summed E-state index contributed by atoms with van der Waals surface area (Å²) < 4.78 is 0. The molecule has 86 valence electrons. The second-order valence-corrected chi connectivity index (χ2v) is 4.62. The van der Waals surface area contributed by atoms with Crippen molar-refractivity contribution in [2.24, 2.45) is 0 Å². The Morgan fingerprint density at radius 1 is 1.38 bits per heavy atom. The van der Waals surface area contributed by atoms with E-state index in [9.17, 15) is 0 Å². The van der Waals surface area contributed by atoms with Crippen molar-refractivity contribution in [2.75, 3.05) is 6.26 Å². The smallest absolute Gasteiger partial charge is 0.0689 e. The molecule has 1 N–H and O–H groups in total. The number of rotatable bonds is 6. The van der Waals surface area contributed by atoms with Crippen molar-refractivity contribution < 1.29 is 0 Å². The van der Waals surface area contributed by atoms with Crippen LogP contribution in [-0.4, -0.2) is 12.3 Å². The molecule has 0 saturated heterocycles. The van der Waals surface area contributed by atoms with Gasteiger partial charge >= 0.3 is 0 Å². The van der Waals surface area contributed by atoms with Crippen LogP contribution in [0.1, 0.15) is 25.3 Å². The third kappa shape index (κ3) is 4.30. The van der Waals surface area contributed by atoms with Gasteiger partial charge in [-0.15, -0.1) is 18.2 Å². The Hall–Kier alpha value is -0.910. The van der Waals surface area contributed by atoms with Crippen molar-refractivity contribution in [2.45, 2.75) is 37.2 Å². The van der Waals surface area contributed by atoms with E-state index >= 15 is 0 Å². The lowest BCUT2D eigenvalue weighted by molar-refractivity contribution is 0.563. The molecule has 0 aliphatic heterocycles. The number of hydrogen-bond acceptors (Lipinski definition) is 2. The molecule has 1 unspecified atom stereocenters. The lowest BCUT2D eigenvalue weighted by Crippen LogP contribution is -2.26. The zero-order chi connectivity index (χ0) is 11.8. The molecule has 0 fully saturated rings. The molecule has 0 heterocycles. The first-order valence-electron chi connectivity index (χ1n) is 5.62. The van der Waals surface area contributed by atoms with Crippen LogP contribution in [0.5, 0.6) is 0 Å². The first-order chi connectivity index (χ1) is 7.80. The van der Waals surface area contributed by atoms with Crippen LogP contribution >= 0.6 is 11.8 Å². The molecular formula is C14H19NS. The molecule has 0 amide bonds. The topological polar surface area (TPSA) is 12.0 Å². The standard InChI is InChI=1S/C14H19NS/c1-4-6-13(5-2)15-11-12-7-9-14(16-3)10-8-12/h2,7-10,13,15H,4,6,11H2,1,3H3. The van der Waals surface area contributed by atoms with E-state index in [4.69, 9.17) is 6.42 Å². The van der Waals surface area contributed by atoms with Crippen LogP contribution in [0.3, 0.4) is 0 Å². The molecule has 0 aromatic heterocycles. The van der Waals surface area contributed by atoms with E-state index in [2.05, 4.69) is 48.7 Å². The van der Waals surface area contributed by atoms with E-state index in [1.165, 1.54) is 10.5 Å². The summed E-state index contributed by atoms with van der Waals surface area (Å²) in [6.07, 6.45) is 9.70. The van der Waals surface area contributed by atoms with Crippen molar-refractivity contribution in [3.8, 4) is 12.3 Å². The molecule has 1 atom stereocenters. The SMILES string of the molecule is C#CC(CCC)NCc1ccc(SC)cc1. The minimum atomic E-state index is 0.199. The van der Waals surface area contributed by atoms with Gasteiger partial charge in [0, 0.05) is 11.4 Å². The molecule has 1 aromatic carbocycles. The summed E-state index contributed by atoms with van der Waals surface area (Å²) in [7, 11) is 0. The molecule has 0 aliphatic carbocycles. The maximum atomic E-state index is 5.45. The molecule has 1 aromatic rings. The van der Waals surface area contributed by atoms with Gasteiger partial charge in [-0.2, -0.15) is 0 Å². The maximum absolute atomic E-state index is 5.45. The summed E-state index contributed by atoms with van der Waals surface area (Å²) in [6, 6.07) is 8.79. The fraction of sp³-hybridized carbons (Fsp3) is 0.429. The maximum Gasteiger partial charge on any atom is 0.0689 e. The molecule has 0 saturated carbocycles. The average Bonchev–Trinajstić information content (AvgIpc) is 2.35. The largest absolute Gasteiger partial charge is 0.300 e. The van der Waals surface area contributed by atoms with Gasteiger partial charge in [0.1, 0.15) is 0 Å². The van der Waals surface area contributed by atoms with Gasteiger partial charge in [-0.1, -0.05) is 31.4 Å². The molecule has 1 rings (SSSR count). The molecule has 2 heteroatoms. The van der Waals surface area contributed by atoms with Gasteiger partial charge in [0.05, 0.1) is 6.04 Å². The van der Waals surface area contributed by atoms with E-state index in [1.807, 2.05) is 0 Å². The van der Waals surface area contributed by atoms with Gasteiger partial charge < -0.3 is 0 Å². The van der Waals surface area contributed by atoms with Crippen molar-refractivity contribution in [3.63, 3.8) is 0 Å².